The lowest BCUT2D eigenvalue weighted by atomic mass is 9.96. The summed E-state index contributed by atoms with van der Waals surface area (Å²) in [6, 6.07) is -1.14. The third-order valence-corrected chi connectivity index (χ3v) is 7.30. The third-order valence-electron chi connectivity index (χ3n) is 7.30. The summed E-state index contributed by atoms with van der Waals surface area (Å²) in [6.45, 7) is 6.96. The summed E-state index contributed by atoms with van der Waals surface area (Å²) in [6.07, 6.45) is 13.5. The molecule has 0 aromatic carbocycles. The Morgan fingerprint density at radius 1 is 0.800 bits per heavy atom. The number of aliphatic hydroxyl groups is 2. The standard InChI is InChI=1S/C31H57NO8/c1-5-6-7-8-9-10-11-12-13-14-15-16-17-18-19-20-26(34)40-30-28(32-24(4)33)31(37)39-25(29(30)36)22-38-27(35)21-23(2)3/h23,25,28-31,36-37H,5-22H2,1-4H3,(H,32,33)/t25-,28-,29-,30-,31+/m1/s1. The van der Waals surface area contributed by atoms with Crippen molar-refractivity contribution in [1.29, 1.82) is 0 Å². The number of amides is 1. The normalized spacial score (nSPS) is 22.7. The molecule has 1 amide bonds. The average molecular weight is 572 g/mol. The van der Waals surface area contributed by atoms with Gasteiger partial charge in [-0.25, -0.2) is 0 Å². The van der Waals surface area contributed by atoms with E-state index >= 15 is 0 Å². The van der Waals surface area contributed by atoms with Gasteiger partial charge in [-0.3, -0.25) is 14.4 Å². The number of carbonyl (C=O) groups is 3. The van der Waals surface area contributed by atoms with Crippen molar-refractivity contribution in [2.45, 2.75) is 167 Å². The second-order valence-electron chi connectivity index (χ2n) is 11.7. The summed E-state index contributed by atoms with van der Waals surface area (Å²) in [7, 11) is 0. The van der Waals surface area contributed by atoms with Crippen LogP contribution in [-0.2, 0) is 28.6 Å². The van der Waals surface area contributed by atoms with Gasteiger partial charge in [0.1, 0.15) is 24.9 Å². The molecule has 0 radical (unpaired) electrons. The van der Waals surface area contributed by atoms with Crippen LogP contribution in [-0.4, -0.2) is 65.3 Å². The molecule has 1 aliphatic heterocycles. The van der Waals surface area contributed by atoms with Crippen LogP contribution in [0.25, 0.3) is 0 Å². The Kier molecular flexibility index (Phi) is 19.9. The maximum Gasteiger partial charge on any atom is 0.306 e. The smallest absolute Gasteiger partial charge is 0.306 e. The van der Waals surface area contributed by atoms with Gasteiger partial charge < -0.3 is 29.7 Å². The van der Waals surface area contributed by atoms with E-state index in [1.165, 1.54) is 77.6 Å². The van der Waals surface area contributed by atoms with Gasteiger partial charge in [0.2, 0.25) is 5.91 Å². The maximum absolute atomic E-state index is 12.6. The molecular formula is C31H57NO8. The van der Waals surface area contributed by atoms with Crippen molar-refractivity contribution < 1.29 is 38.8 Å². The number of nitrogens with one attached hydrogen (secondary N) is 1. The van der Waals surface area contributed by atoms with Crippen LogP contribution in [0, 0.1) is 5.92 Å². The molecule has 0 bridgehead atoms. The zero-order chi connectivity index (χ0) is 29.8. The van der Waals surface area contributed by atoms with Crippen LogP contribution < -0.4 is 5.32 Å². The van der Waals surface area contributed by atoms with E-state index in [0.29, 0.717) is 6.42 Å². The number of carbonyl (C=O) groups excluding carboxylic acids is 3. The first-order chi connectivity index (χ1) is 19.1. The van der Waals surface area contributed by atoms with Crippen LogP contribution in [0.15, 0.2) is 0 Å². The molecule has 1 fully saturated rings. The summed E-state index contributed by atoms with van der Waals surface area (Å²) >= 11 is 0. The highest BCUT2D eigenvalue weighted by Gasteiger charge is 2.47. The lowest BCUT2D eigenvalue weighted by Crippen LogP contribution is -2.65. The van der Waals surface area contributed by atoms with E-state index in [-0.39, 0.29) is 25.4 Å². The summed E-state index contributed by atoms with van der Waals surface area (Å²) < 4.78 is 16.1. The van der Waals surface area contributed by atoms with Crippen molar-refractivity contribution in [3.63, 3.8) is 0 Å². The molecule has 1 rings (SSSR count). The maximum atomic E-state index is 12.6. The SMILES string of the molecule is CCCCCCCCCCCCCCCCCC(=O)O[C@H]1[C@H](O)[C@@H](COC(=O)CC(C)C)O[C@H](O)[C@@H]1NC(C)=O. The van der Waals surface area contributed by atoms with E-state index < -0.39 is 48.5 Å². The zero-order valence-electron chi connectivity index (χ0n) is 25.5. The van der Waals surface area contributed by atoms with Gasteiger partial charge in [-0.05, 0) is 12.3 Å². The average Bonchev–Trinajstić information content (AvgIpc) is 2.89. The lowest BCUT2D eigenvalue weighted by Gasteiger charge is -2.42. The largest absolute Gasteiger partial charge is 0.463 e. The predicted octanol–water partition coefficient (Wildman–Crippen LogP) is 5.33. The number of unbranched alkanes of at least 4 members (excludes halogenated alkanes) is 14. The number of ether oxygens (including phenoxy) is 3. The highest BCUT2D eigenvalue weighted by molar-refractivity contribution is 5.74. The van der Waals surface area contributed by atoms with Gasteiger partial charge in [-0.15, -0.1) is 0 Å². The molecule has 40 heavy (non-hydrogen) atoms. The Morgan fingerprint density at radius 2 is 1.30 bits per heavy atom. The molecular weight excluding hydrogens is 514 g/mol. The molecule has 3 N–H and O–H groups in total. The van der Waals surface area contributed by atoms with Gasteiger partial charge in [0.05, 0.1) is 0 Å². The first-order valence-corrected chi connectivity index (χ1v) is 15.8. The van der Waals surface area contributed by atoms with Crippen molar-refractivity contribution in [2.75, 3.05) is 6.61 Å². The molecule has 0 spiro atoms. The van der Waals surface area contributed by atoms with Crippen LogP contribution >= 0.6 is 0 Å². The number of esters is 2. The second-order valence-corrected chi connectivity index (χ2v) is 11.7. The van der Waals surface area contributed by atoms with E-state index in [0.717, 1.165) is 19.3 Å². The number of rotatable bonds is 22. The third kappa shape index (κ3) is 16.5. The van der Waals surface area contributed by atoms with E-state index in [9.17, 15) is 24.6 Å². The summed E-state index contributed by atoms with van der Waals surface area (Å²) in [5.41, 5.74) is 0. The van der Waals surface area contributed by atoms with E-state index in [2.05, 4.69) is 12.2 Å². The Balaban J connectivity index is 2.31. The molecule has 234 valence electrons. The lowest BCUT2D eigenvalue weighted by molar-refractivity contribution is -0.260. The summed E-state index contributed by atoms with van der Waals surface area (Å²) in [5.74, 6) is -1.33. The molecule has 9 heteroatoms. The fraction of sp³-hybridized carbons (Fsp3) is 0.903. The van der Waals surface area contributed by atoms with E-state index in [1.54, 1.807) is 0 Å². The highest BCUT2D eigenvalue weighted by Crippen LogP contribution is 2.24. The molecule has 0 aliphatic carbocycles. The van der Waals surface area contributed by atoms with Crippen LogP contribution in [0.3, 0.4) is 0 Å². The minimum absolute atomic E-state index is 0.104. The number of hydrogen-bond acceptors (Lipinski definition) is 8. The summed E-state index contributed by atoms with van der Waals surface area (Å²) in [4.78, 5) is 36.1. The van der Waals surface area contributed by atoms with Crippen LogP contribution in [0.4, 0.5) is 0 Å². The Hall–Kier alpha value is -1.71. The van der Waals surface area contributed by atoms with Gasteiger partial charge in [-0.1, -0.05) is 111 Å². The van der Waals surface area contributed by atoms with Crippen LogP contribution in [0.1, 0.15) is 137 Å². The molecule has 0 aromatic rings. The minimum Gasteiger partial charge on any atom is -0.463 e. The number of hydrogen-bond donors (Lipinski definition) is 3. The quantitative estimate of drug-likeness (QED) is 0.117. The van der Waals surface area contributed by atoms with E-state index in [4.69, 9.17) is 14.2 Å². The molecule has 5 atom stereocenters. The Morgan fingerprint density at radius 3 is 1.77 bits per heavy atom. The summed E-state index contributed by atoms with van der Waals surface area (Å²) in [5, 5.41) is 23.8. The van der Waals surface area contributed by atoms with Crippen molar-refractivity contribution in [3.05, 3.63) is 0 Å². The number of aliphatic hydroxyl groups excluding tert-OH is 2. The molecule has 9 nitrogen and oxygen atoms in total. The Labute approximate surface area is 242 Å². The molecule has 0 aromatic heterocycles. The highest BCUT2D eigenvalue weighted by atomic mass is 16.6. The molecule has 1 aliphatic rings. The van der Waals surface area contributed by atoms with Gasteiger partial charge in [0.25, 0.3) is 0 Å². The van der Waals surface area contributed by atoms with Crippen LogP contribution in [0.5, 0.6) is 0 Å². The molecule has 0 saturated carbocycles. The zero-order valence-corrected chi connectivity index (χ0v) is 25.5. The van der Waals surface area contributed by atoms with Gasteiger partial charge in [0.15, 0.2) is 12.4 Å². The van der Waals surface area contributed by atoms with Crippen molar-refractivity contribution in [1.82, 2.24) is 5.32 Å². The fourth-order valence-electron chi connectivity index (χ4n) is 5.02. The monoisotopic (exact) mass is 571 g/mol. The van der Waals surface area contributed by atoms with Gasteiger partial charge in [-0.2, -0.15) is 0 Å². The predicted molar refractivity (Wildman–Crippen MR) is 154 cm³/mol. The Bertz CT molecular complexity index is 701. The van der Waals surface area contributed by atoms with Crippen LogP contribution in [0.2, 0.25) is 0 Å². The first kappa shape index (κ1) is 36.3. The molecule has 1 saturated heterocycles. The fourth-order valence-corrected chi connectivity index (χ4v) is 5.02. The van der Waals surface area contributed by atoms with Crippen molar-refractivity contribution in [3.8, 4) is 0 Å². The topological polar surface area (TPSA) is 131 Å². The van der Waals surface area contributed by atoms with Gasteiger partial charge in [0, 0.05) is 19.8 Å². The van der Waals surface area contributed by atoms with Crippen molar-refractivity contribution in [2.24, 2.45) is 5.92 Å². The van der Waals surface area contributed by atoms with Crippen molar-refractivity contribution >= 4 is 17.8 Å². The van der Waals surface area contributed by atoms with E-state index in [1.807, 2.05) is 13.8 Å². The molecule has 1 heterocycles. The first-order valence-electron chi connectivity index (χ1n) is 15.8. The second kappa shape index (κ2) is 22.0. The van der Waals surface area contributed by atoms with Gasteiger partial charge >= 0.3 is 11.9 Å². The minimum atomic E-state index is -1.54. The molecule has 0 unspecified atom stereocenters.